The van der Waals surface area contributed by atoms with Gasteiger partial charge in [-0.2, -0.15) is 0 Å². The van der Waals surface area contributed by atoms with E-state index in [2.05, 4.69) is 17.1 Å². The molecular formula is C18H32N2O2. The molecule has 1 amide bonds. The van der Waals surface area contributed by atoms with Gasteiger partial charge in [-0.05, 0) is 49.9 Å². The van der Waals surface area contributed by atoms with Crippen molar-refractivity contribution in [3.8, 4) is 0 Å². The van der Waals surface area contributed by atoms with Gasteiger partial charge in [-0.15, -0.1) is 0 Å². The molecule has 4 heteroatoms. The van der Waals surface area contributed by atoms with Crippen LogP contribution >= 0.6 is 0 Å². The number of carbonyl (C=O) groups is 1. The van der Waals surface area contributed by atoms with Gasteiger partial charge in [0, 0.05) is 19.6 Å². The minimum Gasteiger partial charge on any atom is -0.389 e. The van der Waals surface area contributed by atoms with Crippen LogP contribution < -0.4 is 5.32 Å². The van der Waals surface area contributed by atoms with Crippen LogP contribution in [-0.4, -0.2) is 47.7 Å². The Kier molecular flexibility index (Phi) is 5.08. The first-order chi connectivity index (χ1) is 10.6. The van der Waals surface area contributed by atoms with Crippen LogP contribution in [0.5, 0.6) is 0 Å². The minimum atomic E-state index is -0.463. The van der Waals surface area contributed by atoms with Gasteiger partial charge in [0.15, 0.2) is 0 Å². The minimum absolute atomic E-state index is 0.162. The van der Waals surface area contributed by atoms with E-state index in [-0.39, 0.29) is 11.8 Å². The van der Waals surface area contributed by atoms with Crippen LogP contribution in [0.3, 0.4) is 0 Å². The maximum absolute atomic E-state index is 12.2. The average molecular weight is 308 g/mol. The summed E-state index contributed by atoms with van der Waals surface area (Å²) in [5.41, 5.74) is -0.463. The van der Waals surface area contributed by atoms with Gasteiger partial charge in [0.25, 0.3) is 0 Å². The van der Waals surface area contributed by atoms with Gasteiger partial charge in [0.05, 0.1) is 12.1 Å². The van der Waals surface area contributed by atoms with E-state index < -0.39 is 5.60 Å². The van der Waals surface area contributed by atoms with Crippen molar-refractivity contribution in [1.29, 1.82) is 0 Å². The molecule has 0 aromatic heterocycles. The fourth-order valence-electron chi connectivity index (χ4n) is 4.46. The molecule has 3 aliphatic rings. The predicted octanol–water partition coefficient (Wildman–Crippen LogP) is 2.17. The van der Waals surface area contributed by atoms with Crippen molar-refractivity contribution in [1.82, 2.24) is 10.2 Å². The summed E-state index contributed by atoms with van der Waals surface area (Å²) in [7, 11) is 0. The zero-order valence-electron chi connectivity index (χ0n) is 14.0. The highest BCUT2D eigenvalue weighted by Gasteiger charge is 2.49. The van der Waals surface area contributed by atoms with Crippen molar-refractivity contribution in [2.24, 2.45) is 17.8 Å². The number of carbonyl (C=O) groups excluding carboxylic acids is 1. The highest BCUT2D eigenvalue weighted by molar-refractivity contribution is 5.78. The van der Waals surface area contributed by atoms with E-state index >= 15 is 0 Å². The first-order valence-corrected chi connectivity index (χ1v) is 9.29. The zero-order chi connectivity index (χ0) is 15.6. The van der Waals surface area contributed by atoms with Crippen LogP contribution in [0.2, 0.25) is 0 Å². The average Bonchev–Trinajstić information content (AvgIpc) is 3.35. The van der Waals surface area contributed by atoms with Gasteiger partial charge < -0.3 is 10.4 Å². The van der Waals surface area contributed by atoms with E-state index in [4.69, 9.17) is 0 Å². The monoisotopic (exact) mass is 308 g/mol. The highest BCUT2D eigenvalue weighted by Crippen LogP contribution is 2.47. The maximum atomic E-state index is 12.2. The van der Waals surface area contributed by atoms with E-state index in [1.54, 1.807) is 0 Å². The van der Waals surface area contributed by atoms with Gasteiger partial charge in [-0.25, -0.2) is 0 Å². The molecule has 22 heavy (non-hydrogen) atoms. The Labute approximate surface area is 134 Å². The molecule has 4 nitrogen and oxygen atoms in total. The Morgan fingerprint density at radius 3 is 2.59 bits per heavy atom. The molecule has 3 fully saturated rings. The van der Waals surface area contributed by atoms with Crippen molar-refractivity contribution >= 4 is 5.91 Å². The maximum Gasteiger partial charge on any atom is 0.234 e. The number of nitrogens with zero attached hydrogens (tertiary/aromatic N) is 1. The normalized spacial score (nSPS) is 34.5. The summed E-state index contributed by atoms with van der Waals surface area (Å²) in [4.78, 5) is 14.4. The number of piperidine rings is 1. The number of rotatable bonds is 5. The Bertz CT molecular complexity index is 391. The summed E-state index contributed by atoms with van der Waals surface area (Å²) in [6, 6.07) is 0. The van der Waals surface area contributed by atoms with Crippen LogP contribution in [0.25, 0.3) is 0 Å². The number of nitrogens with one attached hydrogen (secondary N) is 1. The second-order valence-electron chi connectivity index (χ2n) is 7.96. The second kappa shape index (κ2) is 6.88. The van der Waals surface area contributed by atoms with E-state index in [9.17, 15) is 9.90 Å². The summed E-state index contributed by atoms with van der Waals surface area (Å²) in [5.74, 6) is 1.65. The molecule has 2 aliphatic carbocycles. The van der Waals surface area contributed by atoms with Crippen LogP contribution in [0, 0.1) is 17.8 Å². The van der Waals surface area contributed by atoms with Crippen LogP contribution in [0.1, 0.15) is 58.3 Å². The van der Waals surface area contributed by atoms with Gasteiger partial charge in [0.2, 0.25) is 5.91 Å². The lowest BCUT2D eigenvalue weighted by Gasteiger charge is -2.43. The smallest absolute Gasteiger partial charge is 0.234 e. The molecule has 126 valence electrons. The summed E-state index contributed by atoms with van der Waals surface area (Å²) >= 11 is 0. The van der Waals surface area contributed by atoms with Crippen molar-refractivity contribution in [3.63, 3.8) is 0 Å². The lowest BCUT2D eigenvalue weighted by atomic mass is 9.78. The summed E-state index contributed by atoms with van der Waals surface area (Å²) in [6.45, 7) is 5.20. The Balaban J connectivity index is 1.38. The van der Waals surface area contributed by atoms with E-state index in [0.717, 1.165) is 26.1 Å². The molecule has 2 atom stereocenters. The third kappa shape index (κ3) is 3.83. The molecule has 2 N–H and O–H groups in total. The fourth-order valence-corrected chi connectivity index (χ4v) is 4.46. The molecular weight excluding hydrogens is 276 g/mol. The molecule has 0 bridgehead atoms. The van der Waals surface area contributed by atoms with E-state index in [1.807, 2.05) is 0 Å². The van der Waals surface area contributed by atoms with Crippen LogP contribution in [0.4, 0.5) is 0 Å². The first-order valence-electron chi connectivity index (χ1n) is 9.29. The fraction of sp³-hybridized carbons (Fsp3) is 0.944. The Morgan fingerprint density at radius 2 is 1.95 bits per heavy atom. The third-order valence-corrected chi connectivity index (χ3v) is 6.18. The molecule has 0 aromatic rings. The standard InChI is InChI=1S/C18H32N2O2/c1-14-12-20(10-9-18(14,22)16-7-8-16)13-17(21)19-11-15-5-3-2-4-6-15/h14-16,22H,2-13H2,1H3,(H,19,21)/t14-,18+/m1/s1. The van der Waals surface area contributed by atoms with E-state index in [0.29, 0.717) is 18.4 Å². The SMILES string of the molecule is C[C@@H]1CN(CC(=O)NCC2CCCCC2)CC[C@@]1(O)C1CC1. The molecule has 0 spiro atoms. The number of amides is 1. The first kappa shape index (κ1) is 16.3. The lowest BCUT2D eigenvalue weighted by molar-refractivity contribution is -0.126. The van der Waals surface area contributed by atoms with Crippen LogP contribution in [-0.2, 0) is 4.79 Å². The number of aliphatic hydroxyl groups is 1. The van der Waals surface area contributed by atoms with Crippen LogP contribution in [0.15, 0.2) is 0 Å². The molecule has 2 saturated carbocycles. The van der Waals surface area contributed by atoms with Crippen molar-refractivity contribution in [2.45, 2.75) is 63.9 Å². The predicted molar refractivity (Wildman–Crippen MR) is 87.5 cm³/mol. The molecule has 1 saturated heterocycles. The lowest BCUT2D eigenvalue weighted by Crippen LogP contribution is -2.54. The zero-order valence-corrected chi connectivity index (χ0v) is 14.0. The Hall–Kier alpha value is -0.610. The highest BCUT2D eigenvalue weighted by atomic mass is 16.3. The number of hydrogen-bond donors (Lipinski definition) is 2. The second-order valence-corrected chi connectivity index (χ2v) is 7.96. The largest absolute Gasteiger partial charge is 0.389 e. The molecule has 0 unspecified atom stereocenters. The van der Waals surface area contributed by atoms with Crippen molar-refractivity contribution < 1.29 is 9.90 Å². The molecule has 0 radical (unpaired) electrons. The number of hydrogen-bond acceptors (Lipinski definition) is 3. The third-order valence-electron chi connectivity index (χ3n) is 6.18. The quantitative estimate of drug-likeness (QED) is 0.818. The number of likely N-dealkylation sites (tertiary alicyclic amines) is 1. The Morgan fingerprint density at radius 1 is 1.23 bits per heavy atom. The topological polar surface area (TPSA) is 52.6 Å². The van der Waals surface area contributed by atoms with Gasteiger partial charge in [0.1, 0.15) is 0 Å². The van der Waals surface area contributed by atoms with E-state index in [1.165, 1.54) is 44.9 Å². The summed E-state index contributed by atoms with van der Waals surface area (Å²) in [5, 5.41) is 13.9. The van der Waals surface area contributed by atoms with Crippen molar-refractivity contribution in [2.75, 3.05) is 26.2 Å². The van der Waals surface area contributed by atoms with Gasteiger partial charge in [-0.1, -0.05) is 26.2 Å². The molecule has 3 rings (SSSR count). The van der Waals surface area contributed by atoms with Gasteiger partial charge >= 0.3 is 0 Å². The molecule has 1 aliphatic heterocycles. The molecule has 0 aromatic carbocycles. The molecule has 1 heterocycles. The summed E-state index contributed by atoms with van der Waals surface area (Å²) < 4.78 is 0. The van der Waals surface area contributed by atoms with Gasteiger partial charge in [-0.3, -0.25) is 9.69 Å². The van der Waals surface area contributed by atoms with Crippen molar-refractivity contribution in [3.05, 3.63) is 0 Å². The summed E-state index contributed by atoms with van der Waals surface area (Å²) in [6.07, 6.45) is 9.75.